The first kappa shape index (κ1) is 7.69. The van der Waals surface area contributed by atoms with Gasteiger partial charge in [-0.05, 0) is 35.0 Å². The Kier molecular flexibility index (Phi) is 2.40. The second kappa shape index (κ2) is 3.12. The number of nitrogens with zero attached hydrogens (tertiary/aromatic N) is 1. The average molecular weight is 201 g/mol. The molecule has 0 spiro atoms. The Morgan fingerprint density at radius 2 is 2.40 bits per heavy atom. The van der Waals surface area contributed by atoms with Crippen molar-refractivity contribution in [3.63, 3.8) is 0 Å². The van der Waals surface area contributed by atoms with Crippen LogP contribution in [0.5, 0.6) is 0 Å². The average Bonchev–Trinajstić information content (AvgIpc) is 1.88. The summed E-state index contributed by atoms with van der Waals surface area (Å²) in [4.78, 5) is 4.11. The van der Waals surface area contributed by atoms with E-state index in [2.05, 4.69) is 20.9 Å². The zero-order valence-corrected chi connectivity index (χ0v) is 7.30. The van der Waals surface area contributed by atoms with Crippen molar-refractivity contribution in [2.75, 3.05) is 0 Å². The first-order chi connectivity index (χ1) is 4.72. The molecule has 0 unspecified atom stereocenters. The summed E-state index contributed by atoms with van der Waals surface area (Å²) < 4.78 is 0.977. The molecule has 1 atom stereocenters. The van der Waals surface area contributed by atoms with Crippen molar-refractivity contribution in [2.45, 2.75) is 13.0 Å². The second-order valence-corrected chi connectivity index (χ2v) is 3.01. The third-order valence-corrected chi connectivity index (χ3v) is 1.89. The molecule has 1 heterocycles. The van der Waals surface area contributed by atoms with E-state index in [0.717, 1.165) is 10.2 Å². The highest BCUT2D eigenvalue weighted by Crippen LogP contribution is 2.17. The minimum absolute atomic E-state index is 0.00410. The Hall–Kier alpha value is -0.410. The maximum atomic E-state index is 5.62. The quantitative estimate of drug-likeness (QED) is 0.753. The van der Waals surface area contributed by atoms with Gasteiger partial charge in [0.25, 0.3) is 0 Å². The smallest absolute Gasteiger partial charge is 0.0709 e. The number of halogens is 1. The van der Waals surface area contributed by atoms with Crippen LogP contribution in [0, 0.1) is 0 Å². The third kappa shape index (κ3) is 1.55. The van der Waals surface area contributed by atoms with Crippen LogP contribution in [0.2, 0.25) is 0 Å². The predicted molar refractivity (Wildman–Crippen MR) is 44.5 cm³/mol. The zero-order chi connectivity index (χ0) is 7.56. The van der Waals surface area contributed by atoms with Crippen molar-refractivity contribution in [2.24, 2.45) is 5.73 Å². The van der Waals surface area contributed by atoms with Gasteiger partial charge in [-0.15, -0.1) is 0 Å². The van der Waals surface area contributed by atoms with Gasteiger partial charge < -0.3 is 5.73 Å². The summed E-state index contributed by atoms with van der Waals surface area (Å²) in [5.74, 6) is 0. The van der Waals surface area contributed by atoms with E-state index in [9.17, 15) is 0 Å². The fraction of sp³-hybridized carbons (Fsp3) is 0.286. The van der Waals surface area contributed by atoms with E-state index in [1.54, 1.807) is 6.20 Å². The molecule has 0 amide bonds. The van der Waals surface area contributed by atoms with E-state index in [1.807, 2.05) is 19.1 Å². The molecule has 0 bridgehead atoms. The lowest BCUT2D eigenvalue weighted by Crippen LogP contribution is -2.07. The van der Waals surface area contributed by atoms with Gasteiger partial charge in [-0.2, -0.15) is 0 Å². The number of aromatic nitrogens is 1. The summed E-state index contributed by atoms with van der Waals surface area (Å²) in [6.45, 7) is 1.91. The lowest BCUT2D eigenvalue weighted by Gasteiger charge is -2.04. The van der Waals surface area contributed by atoms with E-state index in [-0.39, 0.29) is 6.04 Å². The fourth-order valence-corrected chi connectivity index (χ4v) is 1.35. The molecule has 1 aromatic rings. The normalized spacial score (nSPS) is 13.1. The molecule has 0 saturated heterocycles. The molecular formula is C7H9BrN2. The van der Waals surface area contributed by atoms with Gasteiger partial charge in [0.1, 0.15) is 0 Å². The monoisotopic (exact) mass is 200 g/mol. The lowest BCUT2D eigenvalue weighted by atomic mass is 10.2. The molecule has 0 aliphatic carbocycles. The van der Waals surface area contributed by atoms with E-state index < -0.39 is 0 Å². The van der Waals surface area contributed by atoms with Gasteiger partial charge in [-0.25, -0.2) is 0 Å². The van der Waals surface area contributed by atoms with Gasteiger partial charge >= 0.3 is 0 Å². The molecule has 0 radical (unpaired) electrons. The Bertz CT molecular complexity index is 223. The topological polar surface area (TPSA) is 38.9 Å². The van der Waals surface area contributed by atoms with Crippen LogP contribution in [-0.2, 0) is 0 Å². The minimum Gasteiger partial charge on any atom is -0.323 e. The van der Waals surface area contributed by atoms with Crippen molar-refractivity contribution < 1.29 is 0 Å². The fourth-order valence-electron chi connectivity index (χ4n) is 0.733. The van der Waals surface area contributed by atoms with E-state index >= 15 is 0 Å². The molecule has 54 valence electrons. The van der Waals surface area contributed by atoms with Crippen molar-refractivity contribution in [3.8, 4) is 0 Å². The molecule has 0 aromatic carbocycles. The van der Waals surface area contributed by atoms with Crippen LogP contribution in [-0.4, -0.2) is 4.98 Å². The van der Waals surface area contributed by atoms with Crippen molar-refractivity contribution in [3.05, 3.63) is 28.5 Å². The molecule has 0 fully saturated rings. The van der Waals surface area contributed by atoms with Crippen LogP contribution in [0.3, 0.4) is 0 Å². The Labute approximate surface area is 68.6 Å². The highest BCUT2D eigenvalue weighted by atomic mass is 79.9. The van der Waals surface area contributed by atoms with Gasteiger partial charge in [0.15, 0.2) is 0 Å². The standard InChI is InChI=1S/C7H9BrN2/c1-5(9)7-6(8)3-2-4-10-7/h2-5H,9H2,1H3/t5-/m1/s1. The van der Waals surface area contributed by atoms with Crippen LogP contribution < -0.4 is 5.73 Å². The maximum absolute atomic E-state index is 5.62. The molecule has 2 nitrogen and oxygen atoms in total. The van der Waals surface area contributed by atoms with Crippen molar-refractivity contribution >= 4 is 15.9 Å². The summed E-state index contributed by atoms with van der Waals surface area (Å²) in [6.07, 6.45) is 1.74. The van der Waals surface area contributed by atoms with Crippen LogP contribution in [0.4, 0.5) is 0 Å². The van der Waals surface area contributed by atoms with E-state index in [0.29, 0.717) is 0 Å². The number of rotatable bonds is 1. The number of nitrogens with two attached hydrogens (primary N) is 1. The zero-order valence-electron chi connectivity index (χ0n) is 5.71. The molecule has 2 N–H and O–H groups in total. The first-order valence-corrected chi connectivity index (χ1v) is 3.87. The molecule has 1 rings (SSSR count). The number of pyridine rings is 1. The van der Waals surface area contributed by atoms with E-state index in [1.165, 1.54) is 0 Å². The molecule has 0 saturated carbocycles. The Balaban J connectivity index is 3.03. The maximum Gasteiger partial charge on any atom is 0.0709 e. The predicted octanol–water partition coefficient (Wildman–Crippen LogP) is 1.86. The van der Waals surface area contributed by atoms with Gasteiger partial charge in [0.05, 0.1) is 5.69 Å². The third-order valence-electron chi connectivity index (χ3n) is 1.22. The van der Waals surface area contributed by atoms with Gasteiger partial charge in [0, 0.05) is 16.7 Å². The first-order valence-electron chi connectivity index (χ1n) is 3.08. The van der Waals surface area contributed by atoms with Gasteiger partial charge in [0.2, 0.25) is 0 Å². The second-order valence-electron chi connectivity index (χ2n) is 2.16. The van der Waals surface area contributed by atoms with Crippen molar-refractivity contribution in [1.29, 1.82) is 0 Å². The van der Waals surface area contributed by atoms with Crippen LogP contribution >= 0.6 is 15.9 Å². The number of hydrogen-bond acceptors (Lipinski definition) is 2. The van der Waals surface area contributed by atoms with Crippen LogP contribution in [0.25, 0.3) is 0 Å². The lowest BCUT2D eigenvalue weighted by molar-refractivity contribution is 0.775. The Morgan fingerprint density at radius 1 is 1.70 bits per heavy atom. The molecule has 3 heteroatoms. The highest BCUT2D eigenvalue weighted by molar-refractivity contribution is 9.10. The molecule has 0 aliphatic heterocycles. The van der Waals surface area contributed by atoms with Gasteiger partial charge in [-0.3, -0.25) is 4.98 Å². The van der Waals surface area contributed by atoms with Crippen molar-refractivity contribution in [1.82, 2.24) is 4.98 Å². The summed E-state index contributed by atoms with van der Waals surface area (Å²) in [6, 6.07) is 3.80. The van der Waals surface area contributed by atoms with Gasteiger partial charge in [-0.1, -0.05) is 0 Å². The largest absolute Gasteiger partial charge is 0.323 e. The molecular weight excluding hydrogens is 192 g/mol. The van der Waals surface area contributed by atoms with Crippen LogP contribution in [0.15, 0.2) is 22.8 Å². The SMILES string of the molecule is C[C@@H](N)c1ncccc1Br. The summed E-state index contributed by atoms with van der Waals surface area (Å²) in [5, 5.41) is 0. The molecule has 1 aromatic heterocycles. The summed E-state index contributed by atoms with van der Waals surface area (Å²) in [5.41, 5.74) is 6.53. The highest BCUT2D eigenvalue weighted by Gasteiger charge is 2.03. The summed E-state index contributed by atoms with van der Waals surface area (Å²) >= 11 is 3.35. The molecule has 0 aliphatic rings. The Morgan fingerprint density at radius 3 is 2.80 bits per heavy atom. The number of hydrogen-bond donors (Lipinski definition) is 1. The molecule has 10 heavy (non-hydrogen) atoms. The minimum atomic E-state index is -0.00410. The van der Waals surface area contributed by atoms with Crippen LogP contribution in [0.1, 0.15) is 18.7 Å². The van der Waals surface area contributed by atoms with E-state index in [4.69, 9.17) is 5.73 Å². The summed E-state index contributed by atoms with van der Waals surface area (Å²) in [7, 11) is 0.